The summed E-state index contributed by atoms with van der Waals surface area (Å²) in [4.78, 5) is 10.8. The van der Waals surface area contributed by atoms with Crippen molar-refractivity contribution in [2.75, 3.05) is 12.4 Å². The Bertz CT molecular complexity index is 169. The molecule has 0 fully saturated rings. The molecular weight excluding hydrogens is 204 g/mol. The summed E-state index contributed by atoms with van der Waals surface area (Å²) in [6, 6.07) is 0. The Kier molecular flexibility index (Phi) is 7.87. The lowest BCUT2D eigenvalue weighted by Gasteiger charge is -2.12. The third-order valence-corrected chi connectivity index (χ3v) is 3.10. The fourth-order valence-electron chi connectivity index (χ4n) is 0.818. The van der Waals surface area contributed by atoms with E-state index in [0.717, 1.165) is 0 Å². The van der Waals surface area contributed by atoms with Crippen LogP contribution in [0.1, 0.15) is 19.8 Å². The Balaban J connectivity index is 3.45. The van der Waals surface area contributed by atoms with E-state index < -0.39 is 6.10 Å². The molecule has 0 aliphatic heterocycles. The van der Waals surface area contributed by atoms with Crippen molar-refractivity contribution in [3.63, 3.8) is 0 Å². The normalized spacial score (nSPS) is 14.9. The number of hydrazine groups is 1. The molecule has 0 aromatic carbocycles. The minimum Gasteiger partial charge on any atom is -0.394 e. The number of amides is 1. The highest BCUT2D eigenvalue weighted by Crippen LogP contribution is 2.16. The number of carbonyl (C=O) groups is 1. The third-order valence-electron chi connectivity index (χ3n) is 1.72. The van der Waals surface area contributed by atoms with Gasteiger partial charge in [-0.05, 0) is 6.42 Å². The maximum absolute atomic E-state index is 10.8. The average Bonchev–Trinajstić information content (AvgIpc) is 2.22. The lowest BCUT2D eigenvalue weighted by molar-refractivity contribution is -0.121. The van der Waals surface area contributed by atoms with Gasteiger partial charge < -0.3 is 10.2 Å². The lowest BCUT2D eigenvalue weighted by atomic mass is 10.2. The molecule has 0 heterocycles. The molecule has 0 aromatic rings. The van der Waals surface area contributed by atoms with E-state index in [1.807, 2.05) is 6.92 Å². The van der Waals surface area contributed by atoms with Gasteiger partial charge in [0.05, 0.1) is 12.7 Å². The van der Waals surface area contributed by atoms with Crippen LogP contribution in [0.3, 0.4) is 0 Å². The maximum Gasteiger partial charge on any atom is 0.233 e. The van der Waals surface area contributed by atoms with Gasteiger partial charge in [0.15, 0.2) is 0 Å². The van der Waals surface area contributed by atoms with Gasteiger partial charge in [-0.2, -0.15) is 11.8 Å². The van der Waals surface area contributed by atoms with Crippen LogP contribution in [-0.2, 0) is 4.79 Å². The number of aliphatic hydroxyl groups excluding tert-OH is 2. The zero-order valence-electron chi connectivity index (χ0n) is 8.27. The van der Waals surface area contributed by atoms with E-state index in [1.54, 1.807) is 0 Å². The average molecular weight is 222 g/mol. The zero-order valence-corrected chi connectivity index (χ0v) is 9.09. The molecule has 0 aliphatic carbocycles. The molecular formula is C8H18N2O3S. The molecule has 14 heavy (non-hydrogen) atoms. The van der Waals surface area contributed by atoms with Gasteiger partial charge in [0, 0.05) is 17.4 Å². The fourth-order valence-corrected chi connectivity index (χ4v) is 1.76. The Labute approximate surface area is 88.0 Å². The van der Waals surface area contributed by atoms with Crippen LogP contribution in [0, 0.1) is 0 Å². The molecule has 0 aromatic heterocycles. The summed E-state index contributed by atoms with van der Waals surface area (Å²) in [5.74, 6) is 5.23. The van der Waals surface area contributed by atoms with Crippen molar-refractivity contribution in [1.82, 2.24) is 5.43 Å². The largest absolute Gasteiger partial charge is 0.394 e. The monoisotopic (exact) mass is 222 g/mol. The van der Waals surface area contributed by atoms with Gasteiger partial charge in [-0.15, -0.1) is 0 Å². The molecule has 0 saturated carbocycles. The number of aliphatic hydroxyl groups is 2. The van der Waals surface area contributed by atoms with E-state index >= 15 is 0 Å². The number of rotatable bonds is 7. The first kappa shape index (κ1) is 13.7. The number of nitrogens with two attached hydrogens (primary N) is 1. The standard InChI is InChI=1S/C8H18N2O3S/c1-6(2-3-8(13)10-9)14-5-7(12)4-11/h6-7,11-12H,2-5,9H2,1H3,(H,10,13). The molecule has 0 rings (SSSR count). The SMILES string of the molecule is CC(CCC(=O)NN)SCC(O)CO. The van der Waals surface area contributed by atoms with Crippen molar-refractivity contribution < 1.29 is 15.0 Å². The topological polar surface area (TPSA) is 95.6 Å². The molecule has 6 heteroatoms. The molecule has 5 N–H and O–H groups in total. The Morgan fingerprint density at radius 3 is 2.79 bits per heavy atom. The number of thioether (sulfide) groups is 1. The zero-order chi connectivity index (χ0) is 11.0. The van der Waals surface area contributed by atoms with Crippen LogP contribution < -0.4 is 11.3 Å². The molecule has 2 unspecified atom stereocenters. The molecule has 0 aliphatic rings. The molecule has 2 atom stereocenters. The molecule has 0 radical (unpaired) electrons. The second-order valence-electron chi connectivity index (χ2n) is 3.09. The van der Waals surface area contributed by atoms with Crippen molar-refractivity contribution in [3.8, 4) is 0 Å². The van der Waals surface area contributed by atoms with Crippen LogP contribution in [0.5, 0.6) is 0 Å². The van der Waals surface area contributed by atoms with Gasteiger partial charge in [0.1, 0.15) is 0 Å². The molecule has 0 bridgehead atoms. The van der Waals surface area contributed by atoms with Crippen LogP contribution in [0.25, 0.3) is 0 Å². The van der Waals surface area contributed by atoms with E-state index in [1.165, 1.54) is 11.8 Å². The Hall–Kier alpha value is -0.300. The van der Waals surface area contributed by atoms with E-state index in [-0.39, 0.29) is 17.8 Å². The van der Waals surface area contributed by atoms with Crippen LogP contribution in [0.4, 0.5) is 0 Å². The number of hydrogen-bond acceptors (Lipinski definition) is 5. The first-order chi connectivity index (χ1) is 6.60. The molecule has 84 valence electrons. The van der Waals surface area contributed by atoms with E-state index in [4.69, 9.17) is 16.1 Å². The highest BCUT2D eigenvalue weighted by atomic mass is 32.2. The van der Waals surface area contributed by atoms with Crippen molar-refractivity contribution in [2.45, 2.75) is 31.1 Å². The summed E-state index contributed by atoms with van der Waals surface area (Å²) in [6.45, 7) is 1.75. The highest BCUT2D eigenvalue weighted by molar-refractivity contribution is 7.99. The smallest absolute Gasteiger partial charge is 0.233 e. The fraction of sp³-hybridized carbons (Fsp3) is 0.875. The van der Waals surface area contributed by atoms with Crippen molar-refractivity contribution >= 4 is 17.7 Å². The molecule has 5 nitrogen and oxygen atoms in total. The molecule has 0 saturated heterocycles. The number of nitrogens with one attached hydrogen (secondary N) is 1. The number of carbonyl (C=O) groups excluding carboxylic acids is 1. The van der Waals surface area contributed by atoms with Gasteiger partial charge in [0.2, 0.25) is 5.91 Å². The van der Waals surface area contributed by atoms with E-state index in [0.29, 0.717) is 18.6 Å². The minimum absolute atomic E-state index is 0.180. The van der Waals surface area contributed by atoms with Crippen LogP contribution in [0.2, 0.25) is 0 Å². The maximum atomic E-state index is 10.8. The van der Waals surface area contributed by atoms with Gasteiger partial charge in [-0.1, -0.05) is 6.92 Å². The quantitative estimate of drug-likeness (QED) is 0.258. The predicted octanol–water partition coefficient (Wildman–Crippen LogP) is -0.769. The lowest BCUT2D eigenvalue weighted by Crippen LogP contribution is -2.30. The summed E-state index contributed by atoms with van der Waals surface area (Å²) in [7, 11) is 0. The first-order valence-electron chi connectivity index (χ1n) is 4.50. The van der Waals surface area contributed by atoms with Crippen molar-refractivity contribution in [1.29, 1.82) is 0 Å². The second kappa shape index (κ2) is 8.05. The first-order valence-corrected chi connectivity index (χ1v) is 5.55. The van der Waals surface area contributed by atoms with Crippen molar-refractivity contribution in [3.05, 3.63) is 0 Å². The number of hydrogen-bond donors (Lipinski definition) is 4. The summed E-state index contributed by atoms with van der Waals surface area (Å²) < 4.78 is 0. The van der Waals surface area contributed by atoms with Gasteiger partial charge in [-0.3, -0.25) is 10.2 Å². The van der Waals surface area contributed by atoms with Crippen LogP contribution >= 0.6 is 11.8 Å². The Morgan fingerprint density at radius 1 is 1.64 bits per heavy atom. The third kappa shape index (κ3) is 7.14. The van der Waals surface area contributed by atoms with Crippen molar-refractivity contribution in [2.24, 2.45) is 5.84 Å². The molecule has 0 spiro atoms. The van der Waals surface area contributed by atoms with Gasteiger partial charge >= 0.3 is 0 Å². The summed E-state index contributed by atoms with van der Waals surface area (Å²) in [5, 5.41) is 17.9. The second-order valence-corrected chi connectivity index (χ2v) is 4.56. The summed E-state index contributed by atoms with van der Waals surface area (Å²) in [6.07, 6.45) is 0.428. The highest BCUT2D eigenvalue weighted by Gasteiger charge is 2.09. The van der Waals surface area contributed by atoms with E-state index in [9.17, 15) is 4.79 Å². The Morgan fingerprint density at radius 2 is 2.29 bits per heavy atom. The van der Waals surface area contributed by atoms with Gasteiger partial charge in [0.25, 0.3) is 0 Å². The summed E-state index contributed by atoms with van der Waals surface area (Å²) >= 11 is 1.53. The van der Waals surface area contributed by atoms with Crippen LogP contribution in [-0.4, -0.2) is 39.8 Å². The van der Waals surface area contributed by atoms with E-state index in [2.05, 4.69) is 5.43 Å². The predicted molar refractivity (Wildman–Crippen MR) is 56.6 cm³/mol. The molecule has 1 amide bonds. The van der Waals surface area contributed by atoms with Gasteiger partial charge in [-0.25, -0.2) is 5.84 Å². The minimum atomic E-state index is -0.675. The van der Waals surface area contributed by atoms with Crippen LogP contribution in [0.15, 0.2) is 0 Å². The summed E-state index contributed by atoms with van der Waals surface area (Å²) in [5.41, 5.74) is 2.06.